The average molecular weight is 304 g/mol. The van der Waals surface area contributed by atoms with Crippen molar-refractivity contribution in [2.75, 3.05) is 18.4 Å². The van der Waals surface area contributed by atoms with E-state index in [0.717, 1.165) is 12.0 Å². The molecule has 0 spiro atoms. The van der Waals surface area contributed by atoms with Crippen molar-refractivity contribution in [1.29, 1.82) is 0 Å². The third-order valence-corrected chi connectivity index (χ3v) is 3.14. The molecule has 0 saturated carbocycles. The van der Waals surface area contributed by atoms with Crippen LogP contribution < -0.4 is 10.6 Å². The molecule has 3 nitrogen and oxygen atoms in total. The van der Waals surface area contributed by atoms with Crippen LogP contribution in [0, 0.1) is 11.6 Å². The molecule has 0 aliphatic heterocycles. The lowest BCUT2D eigenvalue weighted by atomic mass is 10.1. The summed E-state index contributed by atoms with van der Waals surface area (Å²) >= 11 is 0. The van der Waals surface area contributed by atoms with Gasteiger partial charge in [0.05, 0.1) is 0 Å². The maximum atomic E-state index is 13.0. The van der Waals surface area contributed by atoms with Crippen LogP contribution in [0.15, 0.2) is 48.5 Å². The molecule has 0 aromatic heterocycles. The third kappa shape index (κ3) is 5.61. The van der Waals surface area contributed by atoms with E-state index >= 15 is 0 Å². The first-order chi connectivity index (χ1) is 10.6. The zero-order valence-corrected chi connectivity index (χ0v) is 12.1. The van der Waals surface area contributed by atoms with Crippen molar-refractivity contribution in [1.82, 2.24) is 5.32 Å². The van der Waals surface area contributed by atoms with Gasteiger partial charge < -0.3 is 10.6 Å². The Hall–Kier alpha value is -2.27. The zero-order valence-electron chi connectivity index (χ0n) is 12.1. The van der Waals surface area contributed by atoms with Gasteiger partial charge in [-0.2, -0.15) is 0 Å². The second-order valence-electron chi connectivity index (χ2n) is 4.93. The Bertz CT molecular complexity index is 614. The van der Waals surface area contributed by atoms with Gasteiger partial charge in [-0.15, -0.1) is 0 Å². The van der Waals surface area contributed by atoms with Crippen LogP contribution in [0.5, 0.6) is 0 Å². The minimum absolute atomic E-state index is 0.167. The summed E-state index contributed by atoms with van der Waals surface area (Å²) in [6.45, 7) is 1.24. The number of rotatable bonds is 7. The highest BCUT2D eigenvalue weighted by molar-refractivity contribution is 5.90. The predicted molar refractivity (Wildman–Crippen MR) is 82.6 cm³/mol. The SMILES string of the molecule is O=C(CCNCCc1ccc(F)cc1)Nc1cccc(F)c1. The standard InChI is InChI=1S/C17H18F2N2O/c18-14-6-4-13(5-7-14)8-10-20-11-9-17(22)21-16-3-1-2-15(19)12-16/h1-7,12,20H,8-11H2,(H,21,22). The highest BCUT2D eigenvalue weighted by Gasteiger charge is 2.02. The van der Waals surface area contributed by atoms with Crippen LogP contribution in [0.4, 0.5) is 14.5 Å². The number of hydrogen-bond donors (Lipinski definition) is 2. The van der Waals surface area contributed by atoms with E-state index in [1.807, 2.05) is 0 Å². The van der Waals surface area contributed by atoms with Crippen molar-refractivity contribution in [3.8, 4) is 0 Å². The number of hydrogen-bond acceptors (Lipinski definition) is 2. The quantitative estimate of drug-likeness (QED) is 0.772. The number of halogens is 2. The van der Waals surface area contributed by atoms with Crippen molar-refractivity contribution in [3.05, 3.63) is 65.7 Å². The average Bonchev–Trinajstić information content (AvgIpc) is 2.49. The Morgan fingerprint density at radius 3 is 2.45 bits per heavy atom. The van der Waals surface area contributed by atoms with Gasteiger partial charge in [0.15, 0.2) is 0 Å². The van der Waals surface area contributed by atoms with Gasteiger partial charge in [0.2, 0.25) is 5.91 Å². The molecule has 2 aromatic carbocycles. The van der Waals surface area contributed by atoms with Crippen LogP contribution in [0.25, 0.3) is 0 Å². The van der Waals surface area contributed by atoms with Gasteiger partial charge in [-0.1, -0.05) is 18.2 Å². The van der Waals surface area contributed by atoms with E-state index in [1.54, 1.807) is 24.3 Å². The van der Waals surface area contributed by atoms with E-state index in [1.165, 1.54) is 24.3 Å². The molecule has 2 rings (SSSR count). The zero-order chi connectivity index (χ0) is 15.8. The molecule has 0 aliphatic carbocycles. The lowest BCUT2D eigenvalue weighted by molar-refractivity contribution is -0.116. The summed E-state index contributed by atoms with van der Waals surface area (Å²) in [5.41, 5.74) is 1.49. The van der Waals surface area contributed by atoms with Crippen LogP contribution >= 0.6 is 0 Å². The van der Waals surface area contributed by atoms with E-state index in [-0.39, 0.29) is 17.5 Å². The molecule has 0 bridgehead atoms. The largest absolute Gasteiger partial charge is 0.326 e. The Balaban J connectivity index is 1.62. The number of anilines is 1. The molecule has 2 aromatic rings. The van der Waals surface area contributed by atoms with E-state index in [0.29, 0.717) is 25.2 Å². The number of carbonyl (C=O) groups is 1. The van der Waals surface area contributed by atoms with Crippen molar-refractivity contribution in [2.45, 2.75) is 12.8 Å². The minimum atomic E-state index is -0.379. The molecule has 0 unspecified atom stereocenters. The Morgan fingerprint density at radius 2 is 1.73 bits per heavy atom. The molecule has 22 heavy (non-hydrogen) atoms. The van der Waals surface area contributed by atoms with Gasteiger partial charge in [-0.05, 0) is 48.9 Å². The second-order valence-corrected chi connectivity index (χ2v) is 4.93. The lowest BCUT2D eigenvalue weighted by Crippen LogP contribution is -2.23. The Kier molecular flexibility index (Phi) is 6.03. The summed E-state index contributed by atoms with van der Waals surface area (Å²) in [7, 11) is 0. The number of amides is 1. The highest BCUT2D eigenvalue weighted by atomic mass is 19.1. The summed E-state index contributed by atoms with van der Waals surface area (Å²) in [6.07, 6.45) is 1.08. The Morgan fingerprint density at radius 1 is 0.955 bits per heavy atom. The molecular formula is C17H18F2N2O. The second kappa shape index (κ2) is 8.24. The molecular weight excluding hydrogens is 286 g/mol. The van der Waals surface area contributed by atoms with Gasteiger partial charge in [-0.3, -0.25) is 4.79 Å². The van der Waals surface area contributed by atoms with Gasteiger partial charge in [-0.25, -0.2) is 8.78 Å². The highest BCUT2D eigenvalue weighted by Crippen LogP contribution is 2.09. The number of carbonyl (C=O) groups excluding carboxylic acids is 1. The van der Waals surface area contributed by atoms with Crippen LogP contribution in [-0.2, 0) is 11.2 Å². The summed E-state index contributed by atoms with van der Waals surface area (Å²) in [5.74, 6) is -0.791. The fourth-order valence-electron chi connectivity index (χ4n) is 2.00. The molecule has 0 aliphatic rings. The van der Waals surface area contributed by atoms with E-state index in [2.05, 4.69) is 10.6 Å². The lowest BCUT2D eigenvalue weighted by Gasteiger charge is -2.07. The normalized spacial score (nSPS) is 10.5. The molecule has 1 amide bonds. The minimum Gasteiger partial charge on any atom is -0.326 e. The van der Waals surface area contributed by atoms with Crippen LogP contribution in [-0.4, -0.2) is 19.0 Å². The molecule has 0 saturated heterocycles. The molecule has 2 N–H and O–H groups in total. The smallest absolute Gasteiger partial charge is 0.225 e. The van der Waals surface area contributed by atoms with E-state index in [4.69, 9.17) is 0 Å². The summed E-state index contributed by atoms with van der Waals surface area (Å²) < 4.78 is 25.7. The third-order valence-electron chi connectivity index (χ3n) is 3.14. The first-order valence-corrected chi connectivity index (χ1v) is 7.14. The molecule has 5 heteroatoms. The number of benzene rings is 2. The predicted octanol–water partition coefficient (Wildman–Crippen LogP) is 3.13. The maximum Gasteiger partial charge on any atom is 0.225 e. The topological polar surface area (TPSA) is 41.1 Å². The number of nitrogens with one attached hydrogen (secondary N) is 2. The van der Waals surface area contributed by atoms with Crippen molar-refractivity contribution >= 4 is 11.6 Å². The first kappa shape index (κ1) is 16.1. The van der Waals surface area contributed by atoms with Crippen LogP contribution in [0.2, 0.25) is 0 Å². The van der Waals surface area contributed by atoms with Crippen LogP contribution in [0.3, 0.4) is 0 Å². The summed E-state index contributed by atoms with van der Waals surface area (Å²) in [6, 6.07) is 12.1. The van der Waals surface area contributed by atoms with Gasteiger partial charge >= 0.3 is 0 Å². The van der Waals surface area contributed by atoms with Crippen LogP contribution in [0.1, 0.15) is 12.0 Å². The fraction of sp³-hybridized carbons (Fsp3) is 0.235. The summed E-state index contributed by atoms with van der Waals surface area (Å²) in [5, 5.41) is 5.78. The Labute approximate surface area is 128 Å². The van der Waals surface area contributed by atoms with Crippen molar-refractivity contribution < 1.29 is 13.6 Å². The van der Waals surface area contributed by atoms with Gasteiger partial charge in [0, 0.05) is 18.7 Å². The fourth-order valence-corrected chi connectivity index (χ4v) is 2.00. The maximum absolute atomic E-state index is 13.0. The molecule has 0 heterocycles. The van der Waals surface area contributed by atoms with E-state index < -0.39 is 0 Å². The monoisotopic (exact) mass is 304 g/mol. The molecule has 0 radical (unpaired) electrons. The summed E-state index contributed by atoms with van der Waals surface area (Å²) in [4.78, 5) is 11.7. The first-order valence-electron chi connectivity index (χ1n) is 7.14. The van der Waals surface area contributed by atoms with Gasteiger partial charge in [0.25, 0.3) is 0 Å². The van der Waals surface area contributed by atoms with Crippen molar-refractivity contribution in [2.24, 2.45) is 0 Å². The van der Waals surface area contributed by atoms with Gasteiger partial charge in [0.1, 0.15) is 11.6 Å². The van der Waals surface area contributed by atoms with E-state index in [9.17, 15) is 13.6 Å². The molecule has 0 fully saturated rings. The molecule has 116 valence electrons. The molecule has 0 atom stereocenters. The van der Waals surface area contributed by atoms with Crippen molar-refractivity contribution in [3.63, 3.8) is 0 Å².